The first-order valence-corrected chi connectivity index (χ1v) is 9.76. The van der Waals surface area contributed by atoms with Crippen molar-refractivity contribution in [2.45, 2.75) is 11.5 Å². The number of hydrogen-bond donors (Lipinski definition) is 1. The van der Waals surface area contributed by atoms with E-state index in [4.69, 9.17) is 9.47 Å². The Kier molecular flexibility index (Phi) is 4.67. The minimum absolute atomic E-state index is 0.179. The summed E-state index contributed by atoms with van der Waals surface area (Å²) >= 11 is 3.51. The van der Waals surface area contributed by atoms with E-state index < -0.39 is 11.3 Å². The van der Waals surface area contributed by atoms with Crippen LogP contribution >= 0.6 is 15.9 Å². The molecule has 3 atom stereocenters. The zero-order valence-corrected chi connectivity index (χ0v) is 17.4. The van der Waals surface area contributed by atoms with Crippen LogP contribution in [0.25, 0.3) is 0 Å². The van der Waals surface area contributed by atoms with Gasteiger partial charge in [0.25, 0.3) is 0 Å². The number of hydrogen-bond acceptors (Lipinski definition) is 5. The number of benzene rings is 2. The number of nitrogens with one attached hydrogen (secondary N) is 1. The number of likely N-dealkylation sites (N-methyl/N-ethyl adjacent to an activating group) is 1. The first-order chi connectivity index (χ1) is 13.4. The SMILES string of the molecule is COC(=O)[C@@H]1CN(C)[C@H](c2ccc(OC)cc2)[C@@]12C(=O)Nc1ccc(Br)cc12. The highest BCUT2D eigenvalue weighted by Gasteiger charge is 2.65. The lowest BCUT2D eigenvalue weighted by Crippen LogP contribution is -2.47. The van der Waals surface area contributed by atoms with Crippen molar-refractivity contribution in [3.8, 4) is 5.75 Å². The summed E-state index contributed by atoms with van der Waals surface area (Å²) in [5.74, 6) is -0.445. The van der Waals surface area contributed by atoms with Crippen LogP contribution in [0.4, 0.5) is 5.69 Å². The minimum Gasteiger partial charge on any atom is -0.497 e. The van der Waals surface area contributed by atoms with Gasteiger partial charge in [-0.2, -0.15) is 0 Å². The van der Waals surface area contributed by atoms with Gasteiger partial charge in [0, 0.05) is 16.7 Å². The maximum Gasteiger partial charge on any atom is 0.311 e. The number of carbonyl (C=O) groups excluding carboxylic acids is 2. The smallest absolute Gasteiger partial charge is 0.311 e. The molecule has 2 aromatic rings. The van der Waals surface area contributed by atoms with Gasteiger partial charge in [0.15, 0.2) is 0 Å². The molecule has 7 heteroatoms. The highest BCUT2D eigenvalue weighted by Crippen LogP contribution is 2.57. The summed E-state index contributed by atoms with van der Waals surface area (Å²) in [6, 6.07) is 13.0. The number of amides is 1. The predicted molar refractivity (Wildman–Crippen MR) is 108 cm³/mol. The average Bonchev–Trinajstić information content (AvgIpc) is 3.16. The molecular weight excluding hydrogens is 424 g/mol. The van der Waals surface area contributed by atoms with Crippen LogP contribution in [-0.2, 0) is 19.7 Å². The first-order valence-electron chi connectivity index (χ1n) is 8.97. The van der Waals surface area contributed by atoms with E-state index in [1.807, 2.05) is 49.5 Å². The summed E-state index contributed by atoms with van der Waals surface area (Å²) in [6.45, 7) is 0.419. The Labute approximate surface area is 171 Å². The molecule has 2 heterocycles. The lowest BCUT2D eigenvalue weighted by Gasteiger charge is -2.35. The number of halogens is 1. The molecule has 0 unspecified atom stereocenters. The number of anilines is 1. The van der Waals surface area contributed by atoms with E-state index in [1.165, 1.54) is 7.11 Å². The van der Waals surface area contributed by atoms with Gasteiger partial charge in [0.05, 0.1) is 26.2 Å². The van der Waals surface area contributed by atoms with Crippen LogP contribution in [0.5, 0.6) is 5.75 Å². The van der Waals surface area contributed by atoms with E-state index in [-0.39, 0.29) is 17.9 Å². The van der Waals surface area contributed by atoms with Gasteiger partial charge in [-0.1, -0.05) is 28.1 Å². The Morgan fingerprint density at radius 1 is 1.21 bits per heavy atom. The fraction of sp³-hybridized carbons (Fsp3) is 0.333. The zero-order chi connectivity index (χ0) is 20.1. The maximum atomic E-state index is 13.5. The van der Waals surface area contributed by atoms with Crippen molar-refractivity contribution >= 4 is 33.5 Å². The molecule has 0 saturated carbocycles. The molecule has 2 aliphatic heterocycles. The molecular formula is C21H21BrN2O4. The van der Waals surface area contributed by atoms with Crippen molar-refractivity contribution < 1.29 is 19.1 Å². The highest BCUT2D eigenvalue weighted by molar-refractivity contribution is 9.10. The van der Waals surface area contributed by atoms with Gasteiger partial charge in [-0.25, -0.2) is 0 Å². The van der Waals surface area contributed by atoms with Crippen LogP contribution in [0.3, 0.4) is 0 Å². The van der Waals surface area contributed by atoms with Crippen molar-refractivity contribution in [3.05, 3.63) is 58.1 Å². The van der Waals surface area contributed by atoms with Crippen LogP contribution in [0.1, 0.15) is 17.2 Å². The fourth-order valence-electron chi connectivity index (χ4n) is 4.72. The molecule has 0 aliphatic carbocycles. The van der Waals surface area contributed by atoms with Gasteiger partial charge >= 0.3 is 5.97 Å². The molecule has 1 N–H and O–H groups in total. The molecule has 0 radical (unpaired) electrons. The van der Waals surface area contributed by atoms with E-state index in [1.54, 1.807) is 7.11 Å². The largest absolute Gasteiger partial charge is 0.497 e. The lowest BCUT2D eigenvalue weighted by molar-refractivity contribution is -0.149. The molecule has 1 spiro atoms. The van der Waals surface area contributed by atoms with E-state index in [0.29, 0.717) is 6.54 Å². The van der Waals surface area contributed by atoms with E-state index >= 15 is 0 Å². The number of fused-ring (bicyclic) bond motifs is 2. The zero-order valence-electron chi connectivity index (χ0n) is 15.9. The van der Waals surface area contributed by atoms with Gasteiger partial charge in [0.1, 0.15) is 11.2 Å². The van der Waals surface area contributed by atoms with E-state index in [9.17, 15) is 9.59 Å². The second-order valence-corrected chi connectivity index (χ2v) is 8.12. The number of carbonyl (C=O) groups is 2. The Morgan fingerprint density at radius 2 is 1.93 bits per heavy atom. The van der Waals surface area contributed by atoms with E-state index in [0.717, 1.165) is 27.0 Å². The third-order valence-corrected chi connectivity index (χ3v) is 6.35. The summed E-state index contributed by atoms with van der Waals surface area (Å²) in [5, 5.41) is 2.99. The lowest BCUT2D eigenvalue weighted by atomic mass is 9.67. The number of rotatable bonds is 3. The summed E-state index contributed by atoms with van der Waals surface area (Å²) in [6.07, 6.45) is 0. The number of nitrogens with zero attached hydrogens (tertiary/aromatic N) is 1. The number of esters is 1. The van der Waals surface area contributed by atoms with Crippen molar-refractivity contribution in [1.82, 2.24) is 4.90 Å². The Balaban J connectivity index is 1.96. The first kappa shape index (κ1) is 19.0. The molecule has 1 fully saturated rings. The third-order valence-electron chi connectivity index (χ3n) is 5.86. The second-order valence-electron chi connectivity index (χ2n) is 7.20. The van der Waals surface area contributed by atoms with Gasteiger partial charge in [-0.3, -0.25) is 14.5 Å². The molecule has 4 rings (SSSR count). The Bertz CT molecular complexity index is 946. The molecule has 1 amide bonds. The van der Waals surface area contributed by atoms with Crippen molar-refractivity contribution in [1.29, 1.82) is 0 Å². The van der Waals surface area contributed by atoms with E-state index in [2.05, 4.69) is 26.1 Å². The quantitative estimate of drug-likeness (QED) is 0.736. The van der Waals surface area contributed by atoms with Gasteiger partial charge < -0.3 is 14.8 Å². The fourth-order valence-corrected chi connectivity index (χ4v) is 5.08. The second kappa shape index (κ2) is 6.90. The summed E-state index contributed by atoms with van der Waals surface area (Å²) in [7, 11) is 4.91. The predicted octanol–water partition coefficient (Wildman–Crippen LogP) is 3.12. The van der Waals surface area contributed by atoms with Crippen molar-refractivity contribution in [2.75, 3.05) is 33.1 Å². The molecule has 2 aromatic carbocycles. The highest BCUT2D eigenvalue weighted by atomic mass is 79.9. The molecule has 1 saturated heterocycles. The Morgan fingerprint density at radius 3 is 2.57 bits per heavy atom. The number of ether oxygens (including phenoxy) is 2. The molecule has 0 bridgehead atoms. The molecule has 6 nitrogen and oxygen atoms in total. The topological polar surface area (TPSA) is 67.9 Å². The van der Waals surface area contributed by atoms with Crippen molar-refractivity contribution in [3.63, 3.8) is 0 Å². The third kappa shape index (κ3) is 2.57. The Hall–Kier alpha value is -2.38. The van der Waals surface area contributed by atoms with Crippen LogP contribution < -0.4 is 10.1 Å². The summed E-state index contributed by atoms with van der Waals surface area (Å²) < 4.78 is 11.2. The summed E-state index contributed by atoms with van der Waals surface area (Å²) in [4.78, 5) is 28.3. The van der Waals surface area contributed by atoms with Gasteiger partial charge in [-0.05, 0) is 48.5 Å². The molecule has 28 heavy (non-hydrogen) atoms. The van der Waals surface area contributed by atoms with Crippen molar-refractivity contribution in [2.24, 2.45) is 5.92 Å². The van der Waals surface area contributed by atoms with Crippen LogP contribution in [0.15, 0.2) is 46.9 Å². The summed E-state index contributed by atoms with van der Waals surface area (Å²) in [5.41, 5.74) is 1.41. The standard InChI is InChI=1S/C21H21BrN2O4/c1-24-11-16(19(25)28-3)21(18(24)12-4-7-14(27-2)8-5-12)15-10-13(22)6-9-17(15)23-20(21)26/h4-10,16,18H,11H2,1-3H3,(H,23,26)/t16-,18+,21-/m0/s1. The van der Waals surface area contributed by atoms with Crippen LogP contribution in [0, 0.1) is 5.92 Å². The average molecular weight is 445 g/mol. The normalized spacial score (nSPS) is 26.2. The molecule has 2 aliphatic rings. The number of likely N-dealkylation sites (tertiary alicyclic amines) is 1. The monoisotopic (exact) mass is 444 g/mol. The number of methoxy groups -OCH3 is 2. The van der Waals surface area contributed by atoms with Gasteiger partial charge in [0.2, 0.25) is 5.91 Å². The molecule has 0 aromatic heterocycles. The van der Waals surface area contributed by atoms with Crippen LogP contribution in [0.2, 0.25) is 0 Å². The minimum atomic E-state index is -1.07. The maximum absolute atomic E-state index is 13.5. The van der Waals surface area contributed by atoms with Gasteiger partial charge in [-0.15, -0.1) is 0 Å². The molecule has 146 valence electrons. The van der Waals surface area contributed by atoms with Crippen LogP contribution in [-0.4, -0.2) is 44.6 Å².